The van der Waals surface area contributed by atoms with Crippen LogP contribution in [0.5, 0.6) is 5.75 Å². The maximum atomic E-state index is 11.7. The minimum atomic E-state index is -0.368. The molecule has 1 aromatic carbocycles. The van der Waals surface area contributed by atoms with E-state index in [1.165, 1.54) is 11.1 Å². The molecule has 2 aromatic heterocycles. The fourth-order valence-corrected chi connectivity index (χ4v) is 4.94. The van der Waals surface area contributed by atoms with Gasteiger partial charge in [0.25, 0.3) is 0 Å². The first-order valence-corrected chi connectivity index (χ1v) is 11.4. The third-order valence-electron chi connectivity index (χ3n) is 5.36. The molecule has 4 heterocycles. The number of nitrogens with zero attached hydrogens (tertiary/aromatic N) is 4. The fourth-order valence-electron chi connectivity index (χ4n) is 3.90. The van der Waals surface area contributed by atoms with Gasteiger partial charge in [-0.2, -0.15) is 11.8 Å². The van der Waals surface area contributed by atoms with Crippen molar-refractivity contribution in [2.24, 2.45) is 0 Å². The summed E-state index contributed by atoms with van der Waals surface area (Å²) in [6, 6.07) is 9.84. The van der Waals surface area contributed by atoms with Crippen molar-refractivity contribution in [2.45, 2.75) is 24.9 Å². The van der Waals surface area contributed by atoms with Gasteiger partial charge in [0.2, 0.25) is 0 Å². The predicted molar refractivity (Wildman–Crippen MR) is 120 cm³/mol. The maximum absolute atomic E-state index is 11.7. The highest BCUT2D eigenvalue weighted by Gasteiger charge is 2.29. The molecule has 158 valence electrons. The molecule has 5 rings (SSSR count). The van der Waals surface area contributed by atoms with Gasteiger partial charge in [0.15, 0.2) is 12.4 Å². The highest BCUT2D eigenvalue weighted by Crippen LogP contribution is 2.42. The minimum Gasteiger partial charge on any atom is -0.482 e. The monoisotopic (exact) mass is 434 g/mol. The lowest BCUT2D eigenvalue weighted by Gasteiger charge is -2.22. The van der Waals surface area contributed by atoms with E-state index in [1.54, 1.807) is 19.3 Å². The van der Waals surface area contributed by atoms with Crippen LogP contribution >= 0.6 is 11.8 Å². The Morgan fingerprint density at radius 2 is 2.03 bits per heavy atom. The molecule has 0 spiro atoms. The molecule has 0 bridgehead atoms. The largest absolute Gasteiger partial charge is 0.482 e. The van der Waals surface area contributed by atoms with E-state index in [-0.39, 0.29) is 12.6 Å². The van der Waals surface area contributed by atoms with E-state index in [9.17, 15) is 4.79 Å². The highest BCUT2D eigenvalue weighted by molar-refractivity contribution is 7.98. The summed E-state index contributed by atoms with van der Waals surface area (Å²) in [5.74, 6) is 3.77. The first kappa shape index (κ1) is 19.8. The number of hydrogen-bond donors (Lipinski definition) is 0. The number of benzene rings is 1. The second-order valence-corrected chi connectivity index (χ2v) is 8.30. The first-order chi connectivity index (χ1) is 15.2. The van der Waals surface area contributed by atoms with E-state index in [4.69, 9.17) is 19.4 Å². The molecule has 3 aromatic rings. The summed E-state index contributed by atoms with van der Waals surface area (Å²) in [5.41, 5.74) is 5.58. The number of rotatable bonds is 6. The zero-order valence-corrected chi connectivity index (χ0v) is 18.0. The Hall–Kier alpha value is -3.13. The van der Waals surface area contributed by atoms with Crippen LogP contribution in [0.1, 0.15) is 23.7 Å². The maximum Gasteiger partial charge on any atom is 0.344 e. The molecular weight excluding hydrogens is 412 g/mol. The average molecular weight is 435 g/mol. The van der Waals surface area contributed by atoms with Gasteiger partial charge in [0, 0.05) is 53.3 Å². The number of pyridine rings is 1. The number of hydrogen-bond acceptors (Lipinski definition) is 8. The summed E-state index contributed by atoms with van der Waals surface area (Å²) in [6.45, 7) is 2.87. The van der Waals surface area contributed by atoms with Crippen molar-refractivity contribution in [3.8, 4) is 17.1 Å². The van der Waals surface area contributed by atoms with Gasteiger partial charge in [0.1, 0.15) is 11.6 Å². The van der Waals surface area contributed by atoms with Crippen LogP contribution in [-0.2, 0) is 27.5 Å². The molecule has 0 saturated heterocycles. The molecule has 0 fully saturated rings. The van der Waals surface area contributed by atoms with E-state index >= 15 is 0 Å². The molecule has 2 aliphatic rings. The van der Waals surface area contributed by atoms with Crippen molar-refractivity contribution < 1.29 is 14.3 Å². The van der Waals surface area contributed by atoms with E-state index in [2.05, 4.69) is 16.0 Å². The summed E-state index contributed by atoms with van der Waals surface area (Å²) in [5, 5.41) is 0. The van der Waals surface area contributed by atoms with Crippen LogP contribution in [-0.4, -0.2) is 40.7 Å². The lowest BCUT2D eigenvalue weighted by molar-refractivity contribution is -0.145. The number of esters is 1. The van der Waals surface area contributed by atoms with Crippen molar-refractivity contribution in [3.05, 3.63) is 59.5 Å². The highest BCUT2D eigenvalue weighted by atomic mass is 32.2. The minimum absolute atomic E-state index is 0.0988. The molecule has 0 radical (unpaired) electrons. The van der Waals surface area contributed by atoms with Crippen molar-refractivity contribution >= 4 is 29.2 Å². The van der Waals surface area contributed by atoms with E-state index < -0.39 is 0 Å². The Labute approximate surface area is 184 Å². The van der Waals surface area contributed by atoms with Crippen LogP contribution in [0.2, 0.25) is 0 Å². The van der Waals surface area contributed by atoms with Gasteiger partial charge in [-0.3, -0.25) is 4.98 Å². The lowest BCUT2D eigenvalue weighted by Crippen LogP contribution is -2.18. The quantitative estimate of drug-likeness (QED) is 0.540. The SMILES string of the molecule is CCOC(=O)COc1ccc2c(c1)N(c1nc(-c3ccncc3)nc3c1CSC3)CC2. The van der Waals surface area contributed by atoms with Crippen molar-refractivity contribution in [1.82, 2.24) is 15.0 Å². The predicted octanol–water partition coefficient (Wildman–Crippen LogP) is 3.92. The summed E-state index contributed by atoms with van der Waals surface area (Å²) in [4.78, 5) is 27.8. The third-order valence-corrected chi connectivity index (χ3v) is 6.33. The Balaban J connectivity index is 1.49. The zero-order valence-electron chi connectivity index (χ0n) is 17.2. The van der Waals surface area contributed by atoms with E-state index in [1.807, 2.05) is 36.0 Å². The lowest BCUT2D eigenvalue weighted by atomic mass is 10.1. The second-order valence-electron chi connectivity index (χ2n) is 7.31. The van der Waals surface area contributed by atoms with Gasteiger partial charge in [0.05, 0.1) is 12.3 Å². The first-order valence-electron chi connectivity index (χ1n) is 10.3. The normalized spacial score (nSPS) is 14.3. The van der Waals surface area contributed by atoms with Gasteiger partial charge in [-0.1, -0.05) is 6.07 Å². The van der Waals surface area contributed by atoms with E-state index in [0.717, 1.165) is 53.1 Å². The van der Waals surface area contributed by atoms with Gasteiger partial charge < -0.3 is 14.4 Å². The molecule has 8 heteroatoms. The summed E-state index contributed by atoms with van der Waals surface area (Å²) < 4.78 is 10.6. The Morgan fingerprint density at radius 1 is 1.16 bits per heavy atom. The number of anilines is 2. The number of fused-ring (bicyclic) bond motifs is 2. The van der Waals surface area contributed by atoms with Crippen LogP contribution in [0, 0.1) is 0 Å². The number of thioether (sulfide) groups is 1. The van der Waals surface area contributed by atoms with Crippen molar-refractivity contribution in [1.29, 1.82) is 0 Å². The third kappa shape index (κ3) is 3.95. The molecule has 7 nitrogen and oxygen atoms in total. The molecule has 0 atom stereocenters. The van der Waals surface area contributed by atoms with Gasteiger partial charge in [-0.05, 0) is 37.1 Å². The topological polar surface area (TPSA) is 77.4 Å². The number of carbonyl (C=O) groups excluding carboxylic acids is 1. The Morgan fingerprint density at radius 3 is 2.87 bits per heavy atom. The summed E-state index contributed by atoms with van der Waals surface area (Å²) in [6.07, 6.45) is 4.46. The van der Waals surface area contributed by atoms with Crippen LogP contribution in [0.15, 0.2) is 42.7 Å². The molecular formula is C23H22N4O3S. The number of carbonyl (C=O) groups is 1. The van der Waals surface area contributed by atoms with Crippen molar-refractivity contribution in [2.75, 3.05) is 24.7 Å². The van der Waals surface area contributed by atoms with Crippen LogP contribution in [0.3, 0.4) is 0 Å². The molecule has 2 aliphatic heterocycles. The van der Waals surface area contributed by atoms with Gasteiger partial charge >= 0.3 is 5.97 Å². The number of aromatic nitrogens is 3. The van der Waals surface area contributed by atoms with Crippen molar-refractivity contribution in [3.63, 3.8) is 0 Å². The molecule has 0 N–H and O–H groups in total. The Kier molecular flexibility index (Phi) is 5.46. The molecule has 0 amide bonds. The van der Waals surface area contributed by atoms with Crippen LogP contribution in [0.25, 0.3) is 11.4 Å². The van der Waals surface area contributed by atoms with Crippen LogP contribution in [0.4, 0.5) is 11.5 Å². The molecule has 0 aliphatic carbocycles. The molecule has 0 unspecified atom stereocenters. The molecule has 31 heavy (non-hydrogen) atoms. The van der Waals surface area contributed by atoms with Gasteiger partial charge in [-0.15, -0.1) is 0 Å². The van der Waals surface area contributed by atoms with Gasteiger partial charge in [-0.25, -0.2) is 14.8 Å². The Bertz CT molecular complexity index is 1120. The van der Waals surface area contributed by atoms with Crippen LogP contribution < -0.4 is 9.64 Å². The number of ether oxygens (including phenoxy) is 2. The smallest absolute Gasteiger partial charge is 0.344 e. The zero-order chi connectivity index (χ0) is 21.2. The molecule has 0 saturated carbocycles. The average Bonchev–Trinajstić information content (AvgIpc) is 3.44. The standard InChI is InChI=1S/C23H22N4O3S/c1-2-29-21(28)12-30-17-4-3-15-7-10-27(20(15)11-17)23-18-13-31-14-19(18)25-22(26-23)16-5-8-24-9-6-16/h3-6,8-9,11H,2,7,10,12-14H2,1H3. The van der Waals surface area contributed by atoms with E-state index in [0.29, 0.717) is 12.4 Å². The summed E-state index contributed by atoms with van der Waals surface area (Å²) in [7, 11) is 0. The summed E-state index contributed by atoms with van der Waals surface area (Å²) >= 11 is 1.86. The second kappa shape index (κ2) is 8.55. The fraction of sp³-hybridized carbons (Fsp3) is 0.304.